The minimum Gasteiger partial charge on any atom is -0.508 e. The molecule has 3 rings (SSSR count). The van der Waals surface area contributed by atoms with Crippen molar-refractivity contribution in [3.8, 4) is 5.75 Å². The van der Waals surface area contributed by atoms with Crippen molar-refractivity contribution in [3.05, 3.63) is 40.9 Å². The van der Waals surface area contributed by atoms with E-state index in [1.54, 1.807) is 17.4 Å². The number of benzene rings is 1. The van der Waals surface area contributed by atoms with Gasteiger partial charge in [-0.3, -0.25) is 4.90 Å². The highest BCUT2D eigenvalue weighted by Gasteiger charge is 2.24. The monoisotopic (exact) mass is 325 g/mol. The van der Waals surface area contributed by atoms with Gasteiger partial charge in [0.05, 0.1) is 0 Å². The van der Waals surface area contributed by atoms with Gasteiger partial charge in [-0.25, -0.2) is 4.98 Å². The molecular formula is C15H20ClN3OS. The van der Waals surface area contributed by atoms with Crippen LogP contribution in [0.3, 0.4) is 0 Å². The number of aromatic hydroxyl groups is 1. The number of phenolic OH excluding ortho intramolecular Hbond substituents is 1. The maximum absolute atomic E-state index is 9.57. The quantitative estimate of drug-likeness (QED) is 0.855. The number of anilines is 1. The lowest BCUT2D eigenvalue weighted by Crippen LogP contribution is -2.24. The van der Waals surface area contributed by atoms with E-state index in [0.717, 1.165) is 31.1 Å². The molecule has 4 nitrogen and oxygen atoms in total. The molecule has 0 spiro atoms. The first-order chi connectivity index (χ1) is 9.69. The number of nitrogen functional groups attached to an aromatic ring is 1. The van der Waals surface area contributed by atoms with Gasteiger partial charge < -0.3 is 10.8 Å². The number of rotatable bonds is 6. The maximum atomic E-state index is 9.57. The van der Waals surface area contributed by atoms with Crippen molar-refractivity contribution in [1.29, 1.82) is 0 Å². The van der Waals surface area contributed by atoms with Crippen molar-refractivity contribution in [3.63, 3.8) is 0 Å². The minimum absolute atomic E-state index is 0. The molecule has 0 saturated heterocycles. The summed E-state index contributed by atoms with van der Waals surface area (Å²) < 4.78 is 0. The molecule has 1 saturated carbocycles. The summed E-state index contributed by atoms with van der Waals surface area (Å²) in [5.41, 5.74) is 6.84. The van der Waals surface area contributed by atoms with Crippen LogP contribution in [0.15, 0.2) is 30.5 Å². The van der Waals surface area contributed by atoms with Crippen LogP contribution in [0.25, 0.3) is 0 Å². The Hall–Kier alpha value is -1.30. The lowest BCUT2D eigenvalue weighted by molar-refractivity contribution is 0.247. The maximum Gasteiger partial charge on any atom is 0.180 e. The Morgan fingerprint density at radius 2 is 2.14 bits per heavy atom. The lowest BCUT2D eigenvalue weighted by Gasteiger charge is -2.21. The van der Waals surface area contributed by atoms with Crippen molar-refractivity contribution in [2.45, 2.75) is 25.9 Å². The van der Waals surface area contributed by atoms with Gasteiger partial charge in [0.15, 0.2) is 5.13 Å². The van der Waals surface area contributed by atoms with Crippen LogP contribution in [0.5, 0.6) is 5.75 Å². The highest BCUT2D eigenvalue weighted by Crippen LogP contribution is 2.31. The number of nitrogens with zero attached hydrogens (tertiary/aromatic N) is 2. The topological polar surface area (TPSA) is 62.4 Å². The van der Waals surface area contributed by atoms with E-state index in [-0.39, 0.29) is 12.4 Å². The summed E-state index contributed by atoms with van der Waals surface area (Å²) in [6, 6.07) is 7.49. The van der Waals surface area contributed by atoms with E-state index >= 15 is 0 Å². The zero-order valence-electron chi connectivity index (χ0n) is 11.7. The number of thiazole rings is 1. The molecule has 0 radical (unpaired) electrons. The molecule has 0 aliphatic heterocycles. The van der Waals surface area contributed by atoms with Crippen LogP contribution < -0.4 is 5.73 Å². The van der Waals surface area contributed by atoms with Gasteiger partial charge in [0, 0.05) is 30.7 Å². The summed E-state index contributed by atoms with van der Waals surface area (Å²) in [6.45, 7) is 2.83. The van der Waals surface area contributed by atoms with Crippen molar-refractivity contribution in [2.24, 2.45) is 5.92 Å². The Morgan fingerprint density at radius 3 is 2.76 bits per heavy atom. The van der Waals surface area contributed by atoms with Crippen LogP contribution in [0.4, 0.5) is 5.13 Å². The van der Waals surface area contributed by atoms with E-state index in [4.69, 9.17) is 5.73 Å². The Bertz CT molecular complexity index is 586. The van der Waals surface area contributed by atoms with Crippen LogP contribution in [0.1, 0.15) is 23.3 Å². The molecule has 2 aromatic rings. The Kier molecular flexibility index (Phi) is 5.45. The van der Waals surface area contributed by atoms with Gasteiger partial charge in [-0.15, -0.1) is 23.7 Å². The van der Waals surface area contributed by atoms with Gasteiger partial charge in [-0.2, -0.15) is 0 Å². The summed E-state index contributed by atoms with van der Waals surface area (Å²) in [7, 11) is 0. The molecule has 0 amide bonds. The summed E-state index contributed by atoms with van der Waals surface area (Å²) in [4.78, 5) is 7.73. The minimum atomic E-state index is 0. The highest BCUT2D eigenvalue weighted by atomic mass is 35.5. The fraction of sp³-hybridized carbons (Fsp3) is 0.400. The normalized spacial score (nSPS) is 14.1. The summed E-state index contributed by atoms with van der Waals surface area (Å²) in [5, 5.41) is 10.2. The van der Waals surface area contributed by atoms with Crippen molar-refractivity contribution in [2.75, 3.05) is 12.3 Å². The average Bonchev–Trinajstić information content (AvgIpc) is 3.11. The van der Waals surface area contributed by atoms with Crippen LogP contribution in [-0.2, 0) is 13.1 Å². The van der Waals surface area contributed by atoms with Gasteiger partial charge in [-0.05, 0) is 36.5 Å². The van der Waals surface area contributed by atoms with Crippen molar-refractivity contribution < 1.29 is 5.11 Å². The number of halogens is 1. The first-order valence-corrected chi connectivity index (χ1v) is 7.71. The van der Waals surface area contributed by atoms with E-state index in [1.165, 1.54) is 17.7 Å². The Morgan fingerprint density at radius 1 is 1.33 bits per heavy atom. The second-order valence-electron chi connectivity index (χ2n) is 5.45. The molecule has 0 atom stereocenters. The molecule has 0 unspecified atom stereocenters. The van der Waals surface area contributed by atoms with Gasteiger partial charge in [0.25, 0.3) is 0 Å². The Labute approximate surface area is 135 Å². The molecule has 0 bridgehead atoms. The van der Waals surface area contributed by atoms with Crippen LogP contribution >= 0.6 is 23.7 Å². The number of aromatic nitrogens is 1. The van der Waals surface area contributed by atoms with Crippen LogP contribution in [-0.4, -0.2) is 21.5 Å². The molecule has 1 aliphatic carbocycles. The molecular weight excluding hydrogens is 306 g/mol. The van der Waals surface area contributed by atoms with Gasteiger partial charge in [-0.1, -0.05) is 12.1 Å². The average molecular weight is 326 g/mol. The third-order valence-electron chi connectivity index (χ3n) is 3.48. The smallest absolute Gasteiger partial charge is 0.180 e. The van der Waals surface area contributed by atoms with E-state index in [9.17, 15) is 5.11 Å². The first kappa shape index (κ1) is 16.1. The van der Waals surface area contributed by atoms with E-state index in [2.05, 4.69) is 16.0 Å². The highest BCUT2D eigenvalue weighted by molar-refractivity contribution is 7.15. The fourth-order valence-corrected chi connectivity index (χ4v) is 3.11. The van der Waals surface area contributed by atoms with Crippen LogP contribution in [0, 0.1) is 5.92 Å². The summed E-state index contributed by atoms with van der Waals surface area (Å²) in [5.74, 6) is 1.16. The first-order valence-electron chi connectivity index (χ1n) is 6.89. The lowest BCUT2D eigenvalue weighted by atomic mass is 10.2. The SMILES string of the molecule is Cl.Nc1ncc(CN(Cc2cccc(O)c2)CC2CC2)s1. The van der Waals surface area contributed by atoms with Crippen molar-refractivity contribution in [1.82, 2.24) is 9.88 Å². The zero-order valence-corrected chi connectivity index (χ0v) is 13.4. The fourth-order valence-electron chi connectivity index (χ4n) is 2.38. The predicted octanol–water partition coefficient (Wildman–Crippen LogP) is 3.26. The van der Waals surface area contributed by atoms with Crippen molar-refractivity contribution >= 4 is 28.9 Å². The van der Waals surface area contributed by atoms with E-state index in [1.807, 2.05) is 18.3 Å². The number of nitrogens with two attached hydrogens (primary N) is 1. The standard InChI is InChI=1S/C15H19N3OS.ClH/c16-15-17-7-14(20-15)10-18(8-11-4-5-11)9-12-2-1-3-13(19)6-12;/h1-3,6-7,11,19H,4-5,8-10H2,(H2,16,17);1H. The number of hydrogen-bond acceptors (Lipinski definition) is 5. The molecule has 6 heteroatoms. The second kappa shape index (κ2) is 7.11. The van der Waals surface area contributed by atoms with E-state index < -0.39 is 0 Å². The van der Waals surface area contributed by atoms with Gasteiger partial charge >= 0.3 is 0 Å². The molecule has 1 aliphatic rings. The van der Waals surface area contributed by atoms with Crippen LogP contribution in [0.2, 0.25) is 0 Å². The molecule has 1 aromatic carbocycles. The second-order valence-corrected chi connectivity index (χ2v) is 6.59. The molecule has 21 heavy (non-hydrogen) atoms. The van der Waals surface area contributed by atoms with E-state index in [0.29, 0.717) is 10.9 Å². The molecule has 3 N–H and O–H groups in total. The summed E-state index contributed by atoms with van der Waals surface area (Å²) >= 11 is 1.55. The predicted molar refractivity (Wildman–Crippen MR) is 88.7 cm³/mol. The summed E-state index contributed by atoms with van der Waals surface area (Å²) in [6.07, 6.45) is 4.53. The third-order valence-corrected chi connectivity index (χ3v) is 4.29. The molecule has 1 heterocycles. The van der Waals surface area contributed by atoms with Gasteiger partial charge in [0.2, 0.25) is 0 Å². The Balaban J connectivity index is 0.00000161. The molecule has 114 valence electrons. The third kappa shape index (κ3) is 4.88. The van der Waals surface area contributed by atoms with Gasteiger partial charge in [0.1, 0.15) is 5.75 Å². The largest absolute Gasteiger partial charge is 0.508 e. The number of hydrogen-bond donors (Lipinski definition) is 2. The molecule has 1 fully saturated rings. The molecule has 1 aromatic heterocycles. The number of phenols is 1. The zero-order chi connectivity index (χ0) is 13.9.